The summed E-state index contributed by atoms with van der Waals surface area (Å²) in [7, 11) is 0. The summed E-state index contributed by atoms with van der Waals surface area (Å²) in [6.07, 6.45) is 0. The molecule has 0 saturated carbocycles. The Bertz CT molecular complexity index is 2850. The predicted molar refractivity (Wildman–Crippen MR) is 219 cm³/mol. The van der Waals surface area contributed by atoms with E-state index in [4.69, 9.17) is 0 Å². The molecule has 0 spiro atoms. The van der Waals surface area contributed by atoms with E-state index in [-0.39, 0.29) is 0 Å². The van der Waals surface area contributed by atoms with Crippen molar-refractivity contribution in [2.45, 2.75) is 0 Å². The molecule has 0 unspecified atom stereocenters. The first-order chi connectivity index (χ1) is 25.3. The van der Waals surface area contributed by atoms with Gasteiger partial charge >= 0.3 is 0 Å². The van der Waals surface area contributed by atoms with Gasteiger partial charge in [-0.2, -0.15) is 0 Å². The second-order valence-electron chi connectivity index (χ2n) is 12.9. The van der Waals surface area contributed by atoms with E-state index in [0.717, 1.165) is 22.7 Å². The van der Waals surface area contributed by atoms with Gasteiger partial charge in [-0.25, -0.2) is 0 Å². The van der Waals surface area contributed by atoms with Crippen LogP contribution in [0.5, 0.6) is 0 Å². The summed E-state index contributed by atoms with van der Waals surface area (Å²) in [5, 5.41) is 5.06. The minimum absolute atomic E-state index is 1.11. The van der Waals surface area contributed by atoms with Crippen LogP contribution >= 0.6 is 11.3 Å². The van der Waals surface area contributed by atoms with Gasteiger partial charge in [0.25, 0.3) is 0 Å². The Kier molecular flexibility index (Phi) is 7.04. The summed E-state index contributed by atoms with van der Waals surface area (Å²) in [6, 6.07) is 70.4. The van der Waals surface area contributed by atoms with Crippen molar-refractivity contribution in [1.82, 2.24) is 4.57 Å². The van der Waals surface area contributed by atoms with E-state index in [1.165, 1.54) is 64.2 Å². The molecular weight excluding hydrogens is 637 g/mol. The zero-order valence-electron chi connectivity index (χ0n) is 27.8. The standard InChI is InChI=1S/C48H32N2S/c1-4-15-33(16-5-1)35-19-12-22-37(31-35)49(38-29-30-41-40-23-10-11-28-45(40)51-46(41)32-38)43-26-14-27-44-48(43)47-39(34-17-6-2-7-18-34)24-13-25-42(47)50(44)36-20-8-3-9-21-36/h1-32H. The van der Waals surface area contributed by atoms with Gasteiger partial charge in [0.15, 0.2) is 0 Å². The van der Waals surface area contributed by atoms with E-state index in [1.54, 1.807) is 0 Å². The molecule has 0 N–H and O–H groups in total. The molecule has 2 aromatic heterocycles. The maximum absolute atomic E-state index is 2.47. The third-order valence-corrected chi connectivity index (χ3v) is 11.1. The van der Waals surface area contributed by atoms with Crippen LogP contribution in [0.2, 0.25) is 0 Å². The third kappa shape index (κ3) is 4.93. The summed E-state index contributed by atoms with van der Waals surface area (Å²) >= 11 is 1.86. The number of hydrogen-bond donors (Lipinski definition) is 0. The maximum Gasteiger partial charge on any atom is 0.0562 e. The van der Waals surface area contributed by atoms with E-state index in [2.05, 4.69) is 204 Å². The van der Waals surface area contributed by atoms with Gasteiger partial charge in [0.05, 0.1) is 16.7 Å². The molecule has 3 heteroatoms. The van der Waals surface area contributed by atoms with Crippen LogP contribution in [-0.2, 0) is 0 Å². The summed E-state index contributed by atoms with van der Waals surface area (Å²) in [5.74, 6) is 0. The Morgan fingerprint density at radius 3 is 1.80 bits per heavy atom. The van der Waals surface area contributed by atoms with Crippen molar-refractivity contribution in [3.05, 3.63) is 194 Å². The highest BCUT2D eigenvalue weighted by Crippen LogP contribution is 2.48. The summed E-state index contributed by atoms with van der Waals surface area (Å²) in [6.45, 7) is 0. The van der Waals surface area contributed by atoms with E-state index >= 15 is 0 Å². The minimum Gasteiger partial charge on any atom is -0.310 e. The SMILES string of the molecule is c1ccc(-c2cccc(N(c3ccc4c(c3)sc3ccccc34)c3cccc4c3c3c(-c5ccccc5)cccc3n4-c3ccccc3)c2)cc1. The highest BCUT2D eigenvalue weighted by atomic mass is 32.1. The Balaban J connectivity index is 1.31. The number of para-hydroxylation sites is 1. The molecule has 0 aliphatic rings. The predicted octanol–water partition coefficient (Wildman–Crippen LogP) is 14.0. The summed E-state index contributed by atoms with van der Waals surface area (Å²) in [4.78, 5) is 2.47. The molecule has 0 aliphatic heterocycles. The van der Waals surface area contributed by atoms with Crippen LogP contribution in [0.1, 0.15) is 0 Å². The quantitative estimate of drug-likeness (QED) is 0.171. The van der Waals surface area contributed by atoms with Crippen molar-refractivity contribution in [1.29, 1.82) is 0 Å². The number of thiophene rings is 1. The van der Waals surface area contributed by atoms with Crippen molar-refractivity contribution in [3.8, 4) is 27.9 Å². The van der Waals surface area contributed by atoms with Gasteiger partial charge in [-0.05, 0) is 82.9 Å². The molecule has 8 aromatic carbocycles. The third-order valence-electron chi connectivity index (χ3n) is 9.97. The highest BCUT2D eigenvalue weighted by Gasteiger charge is 2.24. The molecule has 10 rings (SSSR count). The molecule has 240 valence electrons. The van der Waals surface area contributed by atoms with Gasteiger partial charge in [0.2, 0.25) is 0 Å². The number of fused-ring (bicyclic) bond motifs is 6. The molecule has 2 heterocycles. The number of rotatable bonds is 6. The summed E-state index contributed by atoms with van der Waals surface area (Å²) in [5.41, 5.74) is 11.7. The normalized spacial score (nSPS) is 11.5. The molecule has 2 nitrogen and oxygen atoms in total. The molecule has 0 atom stereocenters. The second kappa shape index (κ2) is 12.2. The van der Waals surface area contributed by atoms with Gasteiger partial charge < -0.3 is 9.47 Å². The van der Waals surface area contributed by atoms with Gasteiger partial charge in [0, 0.05) is 48.0 Å². The lowest BCUT2D eigenvalue weighted by Crippen LogP contribution is -2.10. The van der Waals surface area contributed by atoms with E-state index in [0.29, 0.717) is 0 Å². The van der Waals surface area contributed by atoms with E-state index < -0.39 is 0 Å². The number of benzene rings is 8. The molecule has 0 amide bonds. The first kappa shape index (κ1) is 29.5. The Hall–Kier alpha value is -6.42. The lowest BCUT2D eigenvalue weighted by Gasteiger charge is -2.27. The topological polar surface area (TPSA) is 8.17 Å². The average Bonchev–Trinajstić information content (AvgIpc) is 3.75. The van der Waals surface area contributed by atoms with Crippen molar-refractivity contribution in [2.24, 2.45) is 0 Å². The summed E-state index contributed by atoms with van der Waals surface area (Å²) < 4.78 is 5.01. The highest BCUT2D eigenvalue weighted by molar-refractivity contribution is 7.25. The second-order valence-corrected chi connectivity index (χ2v) is 14.0. The van der Waals surface area contributed by atoms with Crippen LogP contribution in [0, 0.1) is 0 Å². The molecular formula is C48H32N2S. The van der Waals surface area contributed by atoms with Crippen molar-refractivity contribution in [2.75, 3.05) is 4.90 Å². The lowest BCUT2D eigenvalue weighted by atomic mass is 9.98. The van der Waals surface area contributed by atoms with Crippen molar-refractivity contribution >= 4 is 70.4 Å². The van der Waals surface area contributed by atoms with E-state index in [1.807, 2.05) is 11.3 Å². The molecule has 0 radical (unpaired) electrons. The monoisotopic (exact) mass is 668 g/mol. The minimum atomic E-state index is 1.11. The first-order valence-electron chi connectivity index (χ1n) is 17.4. The zero-order valence-corrected chi connectivity index (χ0v) is 28.6. The number of nitrogens with zero attached hydrogens (tertiary/aromatic N) is 2. The van der Waals surface area contributed by atoms with Crippen LogP contribution in [0.4, 0.5) is 17.1 Å². The number of hydrogen-bond acceptors (Lipinski definition) is 2. The molecule has 0 fully saturated rings. The van der Waals surface area contributed by atoms with Gasteiger partial charge in [-0.1, -0.05) is 133 Å². The molecule has 51 heavy (non-hydrogen) atoms. The fourth-order valence-electron chi connectivity index (χ4n) is 7.73. The first-order valence-corrected chi connectivity index (χ1v) is 18.2. The Morgan fingerprint density at radius 1 is 0.392 bits per heavy atom. The smallest absolute Gasteiger partial charge is 0.0562 e. The fourth-order valence-corrected chi connectivity index (χ4v) is 8.86. The van der Waals surface area contributed by atoms with Gasteiger partial charge in [0.1, 0.15) is 0 Å². The van der Waals surface area contributed by atoms with Crippen LogP contribution in [0.25, 0.3) is 69.9 Å². The van der Waals surface area contributed by atoms with Gasteiger partial charge in [-0.3, -0.25) is 0 Å². The van der Waals surface area contributed by atoms with Crippen molar-refractivity contribution < 1.29 is 0 Å². The molecule has 0 bridgehead atoms. The van der Waals surface area contributed by atoms with Gasteiger partial charge in [-0.15, -0.1) is 11.3 Å². The van der Waals surface area contributed by atoms with Crippen molar-refractivity contribution in [3.63, 3.8) is 0 Å². The van der Waals surface area contributed by atoms with Crippen LogP contribution in [-0.4, -0.2) is 4.57 Å². The fraction of sp³-hybridized carbons (Fsp3) is 0. The maximum atomic E-state index is 2.47. The lowest BCUT2D eigenvalue weighted by molar-refractivity contribution is 1.18. The van der Waals surface area contributed by atoms with E-state index in [9.17, 15) is 0 Å². The number of aromatic nitrogens is 1. The Morgan fingerprint density at radius 2 is 1.00 bits per heavy atom. The zero-order chi connectivity index (χ0) is 33.7. The molecule has 10 aromatic rings. The molecule has 0 aliphatic carbocycles. The number of anilines is 3. The van der Waals surface area contributed by atoms with Crippen LogP contribution in [0.3, 0.4) is 0 Å². The average molecular weight is 669 g/mol. The Labute approximate surface area is 300 Å². The van der Waals surface area contributed by atoms with Crippen LogP contribution < -0.4 is 4.90 Å². The van der Waals surface area contributed by atoms with Crippen LogP contribution in [0.15, 0.2) is 194 Å². The molecule has 0 saturated heterocycles. The largest absolute Gasteiger partial charge is 0.310 e.